The number of ether oxygens (including phenoxy) is 1. The average Bonchev–Trinajstić information content (AvgIpc) is 2.39. The fourth-order valence-electron chi connectivity index (χ4n) is 2.22. The molecule has 1 amide bonds. The Bertz CT molecular complexity index is 445. The molecule has 0 saturated heterocycles. The van der Waals surface area contributed by atoms with E-state index in [0.29, 0.717) is 13.1 Å². The second kappa shape index (κ2) is 6.78. The molecule has 0 fully saturated rings. The number of rotatable bonds is 5. The first-order chi connectivity index (χ1) is 9.31. The summed E-state index contributed by atoms with van der Waals surface area (Å²) >= 11 is 0. The lowest BCUT2D eigenvalue weighted by Crippen LogP contribution is -2.40. The van der Waals surface area contributed by atoms with Crippen LogP contribution < -0.4 is 4.74 Å². The number of hydrogen-bond donors (Lipinski definition) is 0. The summed E-state index contributed by atoms with van der Waals surface area (Å²) in [5, 5.41) is 0. The highest BCUT2D eigenvalue weighted by atomic mass is 16.5. The van der Waals surface area contributed by atoms with Crippen LogP contribution in [0.5, 0.6) is 5.75 Å². The van der Waals surface area contributed by atoms with Crippen LogP contribution in [0.25, 0.3) is 0 Å². The van der Waals surface area contributed by atoms with Gasteiger partial charge in [0.1, 0.15) is 5.75 Å². The van der Waals surface area contributed by atoms with Crippen molar-refractivity contribution >= 4 is 5.91 Å². The summed E-state index contributed by atoms with van der Waals surface area (Å²) in [5.74, 6) is 0.840. The van der Waals surface area contributed by atoms with Gasteiger partial charge in [-0.25, -0.2) is 0 Å². The predicted molar refractivity (Wildman–Crippen MR) is 83.2 cm³/mol. The SMILES string of the molecule is CCN(CC)C(=O)C(C)Oc1ccccc1C(C)(C)C. The number of nitrogens with zero attached hydrogens (tertiary/aromatic N) is 1. The van der Waals surface area contributed by atoms with Crippen LogP contribution in [-0.4, -0.2) is 30.0 Å². The zero-order valence-electron chi connectivity index (χ0n) is 13.6. The first kappa shape index (κ1) is 16.5. The standard InChI is InChI=1S/C17H27NO2/c1-7-18(8-2)16(19)13(3)20-15-12-10-9-11-14(15)17(4,5)6/h9-13H,7-8H2,1-6H3. The van der Waals surface area contributed by atoms with E-state index in [0.717, 1.165) is 11.3 Å². The van der Waals surface area contributed by atoms with Gasteiger partial charge in [0, 0.05) is 13.1 Å². The molecule has 0 spiro atoms. The highest BCUT2D eigenvalue weighted by Gasteiger charge is 2.23. The third kappa shape index (κ3) is 3.99. The molecule has 0 radical (unpaired) electrons. The highest BCUT2D eigenvalue weighted by Crippen LogP contribution is 2.31. The molecule has 0 aliphatic carbocycles. The van der Waals surface area contributed by atoms with Gasteiger partial charge in [-0.1, -0.05) is 39.0 Å². The molecule has 0 aromatic heterocycles. The van der Waals surface area contributed by atoms with Gasteiger partial charge in [0.25, 0.3) is 5.91 Å². The van der Waals surface area contributed by atoms with Crippen LogP contribution in [0.4, 0.5) is 0 Å². The van der Waals surface area contributed by atoms with Crippen molar-refractivity contribution < 1.29 is 9.53 Å². The van der Waals surface area contributed by atoms with Gasteiger partial charge in [0.2, 0.25) is 0 Å². The van der Waals surface area contributed by atoms with Crippen molar-refractivity contribution in [2.45, 2.75) is 53.1 Å². The first-order valence-corrected chi connectivity index (χ1v) is 7.36. The third-order valence-corrected chi connectivity index (χ3v) is 3.42. The topological polar surface area (TPSA) is 29.5 Å². The maximum Gasteiger partial charge on any atom is 0.263 e. The molecule has 0 aliphatic rings. The van der Waals surface area contributed by atoms with Crippen molar-refractivity contribution in [3.8, 4) is 5.75 Å². The van der Waals surface area contributed by atoms with Gasteiger partial charge in [-0.05, 0) is 37.8 Å². The predicted octanol–water partition coefficient (Wildman–Crippen LogP) is 3.62. The number of hydrogen-bond acceptors (Lipinski definition) is 2. The number of benzene rings is 1. The molecule has 1 aromatic carbocycles. The summed E-state index contributed by atoms with van der Waals surface area (Å²) in [6, 6.07) is 7.94. The van der Waals surface area contributed by atoms with Crippen molar-refractivity contribution in [3.63, 3.8) is 0 Å². The van der Waals surface area contributed by atoms with Crippen LogP contribution in [0, 0.1) is 0 Å². The number of amides is 1. The molecule has 20 heavy (non-hydrogen) atoms. The van der Waals surface area contributed by atoms with Crippen LogP contribution in [0.1, 0.15) is 47.1 Å². The molecule has 1 unspecified atom stereocenters. The summed E-state index contributed by atoms with van der Waals surface area (Å²) in [5.41, 5.74) is 1.12. The van der Waals surface area contributed by atoms with Gasteiger partial charge in [0.15, 0.2) is 6.10 Å². The van der Waals surface area contributed by atoms with Crippen LogP contribution in [0.2, 0.25) is 0 Å². The number of carbonyl (C=O) groups excluding carboxylic acids is 1. The van der Waals surface area contributed by atoms with E-state index >= 15 is 0 Å². The molecule has 0 heterocycles. The lowest BCUT2D eigenvalue weighted by atomic mass is 9.86. The molecule has 0 aliphatic heterocycles. The molecule has 1 aromatic rings. The molecular formula is C17H27NO2. The Morgan fingerprint density at radius 3 is 2.25 bits per heavy atom. The van der Waals surface area contributed by atoms with Crippen molar-refractivity contribution in [2.75, 3.05) is 13.1 Å². The Morgan fingerprint density at radius 2 is 1.75 bits per heavy atom. The summed E-state index contributed by atoms with van der Waals surface area (Å²) in [7, 11) is 0. The zero-order valence-corrected chi connectivity index (χ0v) is 13.6. The lowest BCUT2D eigenvalue weighted by Gasteiger charge is -2.27. The number of para-hydroxylation sites is 1. The van der Waals surface area contributed by atoms with Crippen LogP contribution >= 0.6 is 0 Å². The second-order valence-electron chi connectivity index (χ2n) is 6.02. The Morgan fingerprint density at radius 1 is 1.20 bits per heavy atom. The van der Waals surface area contributed by atoms with E-state index in [1.807, 2.05) is 39.0 Å². The van der Waals surface area contributed by atoms with Gasteiger partial charge in [0.05, 0.1) is 0 Å². The van der Waals surface area contributed by atoms with Crippen LogP contribution in [-0.2, 0) is 10.2 Å². The largest absolute Gasteiger partial charge is 0.481 e. The van der Waals surface area contributed by atoms with Crippen molar-refractivity contribution in [3.05, 3.63) is 29.8 Å². The van der Waals surface area contributed by atoms with Gasteiger partial charge in [-0.2, -0.15) is 0 Å². The average molecular weight is 277 g/mol. The Balaban J connectivity index is 2.91. The van der Waals surface area contributed by atoms with E-state index in [4.69, 9.17) is 4.74 Å². The number of carbonyl (C=O) groups is 1. The zero-order chi connectivity index (χ0) is 15.3. The molecule has 1 atom stereocenters. The summed E-state index contributed by atoms with van der Waals surface area (Å²) in [6.07, 6.45) is -0.460. The van der Waals surface area contributed by atoms with Crippen molar-refractivity contribution in [1.29, 1.82) is 0 Å². The van der Waals surface area contributed by atoms with Crippen LogP contribution in [0.15, 0.2) is 24.3 Å². The van der Waals surface area contributed by atoms with Crippen LogP contribution in [0.3, 0.4) is 0 Å². The molecule has 3 nitrogen and oxygen atoms in total. The molecule has 0 N–H and O–H groups in total. The molecule has 3 heteroatoms. The Kier molecular flexibility index (Phi) is 5.61. The van der Waals surface area contributed by atoms with E-state index in [-0.39, 0.29) is 11.3 Å². The summed E-state index contributed by atoms with van der Waals surface area (Å²) < 4.78 is 5.93. The quantitative estimate of drug-likeness (QED) is 0.822. The summed E-state index contributed by atoms with van der Waals surface area (Å²) in [6.45, 7) is 13.6. The third-order valence-electron chi connectivity index (χ3n) is 3.42. The van der Waals surface area contributed by atoms with E-state index < -0.39 is 6.10 Å². The van der Waals surface area contributed by atoms with Gasteiger partial charge in [-0.15, -0.1) is 0 Å². The molecule has 0 bridgehead atoms. The minimum atomic E-state index is -0.460. The maximum atomic E-state index is 12.3. The summed E-state index contributed by atoms with van der Waals surface area (Å²) in [4.78, 5) is 14.1. The Labute approximate surface area is 122 Å². The minimum absolute atomic E-state index is 0.00540. The maximum absolute atomic E-state index is 12.3. The number of likely N-dealkylation sites (N-methyl/N-ethyl adjacent to an activating group) is 1. The van der Waals surface area contributed by atoms with Gasteiger partial charge >= 0.3 is 0 Å². The van der Waals surface area contributed by atoms with E-state index in [2.05, 4.69) is 26.8 Å². The highest BCUT2D eigenvalue weighted by molar-refractivity contribution is 5.80. The molecular weight excluding hydrogens is 250 g/mol. The smallest absolute Gasteiger partial charge is 0.263 e. The normalized spacial score (nSPS) is 12.9. The van der Waals surface area contributed by atoms with Gasteiger partial charge in [-0.3, -0.25) is 4.79 Å². The van der Waals surface area contributed by atoms with E-state index in [1.54, 1.807) is 4.90 Å². The second-order valence-corrected chi connectivity index (χ2v) is 6.02. The molecule has 112 valence electrons. The van der Waals surface area contributed by atoms with Gasteiger partial charge < -0.3 is 9.64 Å². The van der Waals surface area contributed by atoms with E-state index in [9.17, 15) is 4.79 Å². The fourth-order valence-corrected chi connectivity index (χ4v) is 2.22. The monoisotopic (exact) mass is 277 g/mol. The van der Waals surface area contributed by atoms with Crippen molar-refractivity contribution in [2.24, 2.45) is 0 Å². The minimum Gasteiger partial charge on any atom is -0.481 e. The van der Waals surface area contributed by atoms with Crippen molar-refractivity contribution in [1.82, 2.24) is 4.90 Å². The molecule has 1 rings (SSSR count). The molecule has 0 saturated carbocycles. The van der Waals surface area contributed by atoms with E-state index in [1.165, 1.54) is 0 Å². The fraction of sp³-hybridized carbons (Fsp3) is 0.588. The lowest BCUT2D eigenvalue weighted by molar-refractivity contribution is -0.137. The first-order valence-electron chi connectivity index (χ1n) is 7.36. The Hall–Kier alpha value is -1.51.